The molecular formula is C21H14F2N4O2. The van der Waals surface area contributed by atoms with Crippen LogP contribution in [0.15, 0.2) is 72.9 Å². The number of nitrogens with one attached hydrogen (secondary N) is 2. The maximum atomic E-state index is 13.4. The largest absolute Gasteiger partial charge is 0.320 e. The van der Waals surface area contributed by atoms with Crippen LogP contribution in [0.1, 0.15) is 21.1 Å². The number of benzene rings is 2. The second kappa shape index (κ2) is 7.51. The van der Waals surface area contributed by atoms with Gasteiger partial charge in [0, 0.05) is 17.6 Å². The number of rotatable bonds is 4. The number of aromatic nitrogens is 2. The predicted molar refractivity (Wildman–Crippen MR) is 104 cm³/mol. The van der Waals surface area contributed by atoms with Crippen LogP contribution < -0.4 is 10.6 Å². The van der Waals surface area contributed by atoms with Crippen molar-refractivity contribution in [2.75, 3.05) is 10.6 Å². The van der Waals surface area contributed by atoms with Gasteiger partial charge in [-0.3, -0.25) is 14.0 Å². The first-order valence-corrected chi connectivity index (χ1v) is 8.62. The average molecular weight is 392 g/mol. The van der Waals surface area contributed by atoms with E-state index in [4.69, 9.17) is 0 Å². The van der Waals surface area contributed by atoms with Crippen molar-refractivity contribution in [3.8, 4) is 0 Å². The number of carbonyl (C=O) groups excluding carboxylic acids is 2. The highest BCUT2D eigenvalue weighted by molar-refractivity contribution is 6.10. The zero-order valence-corrected chi connectivity index (χ0v) is 14.9. The monoisotopic (exact) mass is 392 g/mol. The summed E-state index contributed by atoms with van der Waals surface area (Å²) in [4.78, 5) is 29.5. The van der Waals surface area contributed by atoms with Crippen LogP contribution in [-0.2, 0) is 0 Å². The number of anilines is 2. The highest BCUT2D eigenvalue weighted by Crippen LogP contribution is 2.18. The summed E-state index contributed by atoms with van der Waals surface area (Å²) in [6, 6.07) is 15.9. The molecule has 0 unspecified atom stereocenters. The minimum absolute atomic E-state index is 0.000691. The van der Waals surface area contributed by atoms with Gasteiger partial charge in [0.05, 0.1) is 5.52 Å². The summed E-state index contributed by atoms with van der Waals surface area (Å²) in [5.74, 6) is -2.24. The lowest BCUT2D eigenvalue weighted by Gasteiger charge is -2.04. The van der Waals surface area contributed by atoms with Gasteiger partial charge in [-0.2, -0.15) is 0 Å². The number of imidazole rings is 1. The van der Waals surface area contributed by atoms with E-state index in [1.54, 1.807) is 24.4 Å². The molecule has 2 amide bonds. The van der Waals surface area contributed by atoms with E-state index >= 15 is 0 Å². The van der Waals surface area contributed by atoms with Crippen molar-refractivity contribution in [3.05, 3.63) is 96.1 Å². The van der Waals surface area contributed by atoms with Crippen LogP contribution in [-0.4, -0.2) is 21.2 Å². The third kappa shape index (κ3) is 3.81. The maximum absolute atomic E-state index is 13.4. The SMILES string of the molecule is O=C(Nc1cccc(F)c1)c1nc(C(=O)Nc2cccc(F)c2)n2ccccc12. The van der Waals surface area contributed by atoms with Crippen molar-refractivity contribution < 1.29 is 18.4 Å². The fourth-order valence-electron chi connectivity index (χ4n) is 2.87. The zero-order valence-electron chi connectivity index (χ0n) is 14.9. The Kier molecular flexibility index (Phi) is 4.74. The molecule has 144 valence electrons. The molecule has 4 aromatic rings. The minimum Gasteiger partial charge on any atom is -0.320 e. The molecule has 0 bridgehead atoms. The molecule has 2 N–H and O–H groups in total. The normalized spacial score (nSPS) is 10.7. The molecule has 0 saturated heterocycles. The first-order chi connectivity index (χ1) is 14.0. The molecule has 8 heteroatoms. The van der Waals surface area contributed by atoms with E-state index < -0.39 is 23.4 Å². The number of halogens is 2. The van der Waals surface area contributed by atoms with Crippen LogP contribution in [0, 0.1) is 11.6 Å². The van der Waals surface area contributed by atoms with Gasteiger partial charge in [0.25, 0.3) is 11.8 Å². The summed E-state index contributed by atoms with van der Waals surface area (Å²) in [5, 5.41) is 5.12. The Hall–Kier alpha value is -4.07. The molecule has 4 rings (SSSR count). The second-order valence-electron chi connectivity index (χ2n) is 6.17. The van der Waals surface area contributed by atoms with Gasteiger partial charge in [0.15, 0.2) is 5.69 Å². The molecule has 0 aliphatic carbocycles. The van der Waals surface area contributed by atoms with Gasteiger partial charge in [-0.25, -0.2) is 13.8 Å². The standard InChI is InChI=1S/C21H14F2N4O2/c22-13-5-3-7-15(11-13)24-20(28)18-17-9-1-2-10-27(17)19(26-18)21(29)25-16-8-4-6-14(23)12-16/h1-12H,(H,24,28)(H,25,29). The summed E-state index contributed by atoms with van der Waals surface area (Å²) in [6.07, 6.45) is 1.59. The van der Waals surface area contributed by atoms with Crippen molar-refractivity contribution in [2.45, 2.75) is 0 Å². The molecule has 0 aliphatic rings. The van der Waals surface area contributed by atoms with Crippen LogP contribution in [0.5, 0.6) is 0 Å². The van der Waals surface area contributed by atoms with Crippen molar-refractivity contribution >= 4 is 28.7 Å². The number of hydrogen-bond acceptors (Lipinski definition) is 3. The van der Waals surface area contributed by atoms with Gasteiger partial charge < -0.3 is 10.6 Å². The summed E-state index contributed by atoms with van der Waals surface area (Å²) >= 11 is 0. The third-order valence-electron chi connectivity index (χ3n) is 4.13. The third-order valence-corrected chi connectivity index (χ3v) is 4.13. The lowest BCUT2D eigenvalue weighted by molar-refractivity contribution is 0.101. The summed E-state index contributed by atoms with van der Waals surface area (Å²) < 4.78 is 28.2. The van der Waals surface area contributed by atoms with Crippen LogP contribution in [0.25, 0.3) is 5.52 Å². The molecule has 29 heavy (non-hydrogen) atoms. The van der Waals surface area contributed by atoms with E-state index in [1.165, 1.54) is 52.9 Å². The molecule has 2 aromatic carbocycles. The van der Waals surface area contributed by atoms with Crippen molar-refractivity contribution in [1.82, 2.24) is 9.38 Å². The van der Waals surface area contributed by atoms with Gasteiger partial charge >= 0.3 is 0 Å². The Morgan fingerprint density at radius 2 is 1.41 bits per heavy atom. The van der Waals surface area contributed by atoms with E-state index in [0.717, 1.165) is 0 Å². The Morgan fingerprint density at radius 3 is 2.03 bits per heavy atom. The van der Waals surface area contributed by atoms with Crippen LogP contribution >= 0.6 is 0 Å². The first kappa shape index (κ1) is 18.3. The van der Waals surface area contributed by atoms with Crippen molar-refractivity contribution in [2.24, 2.45) is 0 Å². The number of nitrogens with zero attached hydrogens (tertiary/aromatic N) is 2. The highest BCUT2D eigenvalue weighted by atomic mass is 19.1. The van der Waals surface area contributed by atoms with Crippen LogP contribution in [0.3, 0.4) is 0 Å². The zero-order chi connectivity index (χ0) is 20.4. The smallest absolute Gasteiger partial charge is 0.292 e. The quantitative estimate of drug-likeness (QED) is 0.549. The van der Waals surface area contributed by atoms with Crippen LogP contribution in [0.2, 0.25) is 0 Å². The predicted octanol–water partition coefficient (Wildman–Crippen LogP) is 4.12. The Labute approximate surface area is 163 Å². The Balaban J connectivity index is 1.67. The molecule has 0 aliphatic heterocycles. The topological polar surface area (TPSA) is 75.5 Å². The summed E-state index contributed by atoms with van der Waals surface area (Å²) in [5.41, 5.74) is 0.913. The summed E-state index contributed by atoms with van der Waals surface area (Å²) in [6.45, 7) is 0. The number of carbonyl (C=O) groups is 2. The highest BCUT2D eigenvalue weighted by Gasteiger charge is 2.22. The minimum atomic E-state index is -0.610. The average Bonchev–Trinajstić information content (AvgIpc) is 3.08. The van der Waals surface area contributed by atoms with Gasteiger partial charge in [0.2, 0.25) is 5.82 Å². The number of fused-ring (bicyclic) bond motifs is 1. The fraction of sp³-hybridized carbons (Fsp3) is 0. The molecule has 2 aromatic heterocycles. The number of amides is 2. The fourth-order valence-corrected chi connectivity index (χ4v) is 2.87. The Morgan fingerprint density at radius 1 is 0.793 bits per heavy atom. The molecule has 0 saturated carbocycles. The maximum Gasteiger partial charge on any atom is 0.292 e. The van der Waals surface area contributed by atoms with Crippen molar-refractivity contribution in [1.29, 1.82) is 0 Å². The van der Waals surface area contributed by atoms with Gasteiger partial charge in [-0.05, 0) is 48.5 Å². The molecule has 0 spiro atoms. The Bertz CT molecular complexity index is 1140. The van der Waals surface area contributed by atoms with Crippen molar-refractivity contribution in [3.63, 3.8) is 0 Å². The molecular weight excluding hydrogens is 378 g/mol. The summed E-state index contributed by atoms with van der Waals surface area (Å²) in [7, 11) is 0. The first-order valence-electron chi connectivity index (χ1n) is 8.62. The molecule has 6 nitrogen and oxygen atoms in total. The molecule has 2 heterocycles. The van der Waals surface area contributed by atoms with E-state index in [0.29, 0.717) is 5.52 Å². The molecule has 0 radical (unpaired) electrons. The van der Waals surface area contributed by atoms with E-state index in [2.05, 4.69) is 15.6 Å². The van der Waals surface area contributed by atoms with E-state index in [9.17, 15) is 18.4 Å². The lowest BCUT2D eigenvalue weighted by atomic mass is 10.2. The van der Waals surface area contributed by atoms with E-state index in [-0.39, 0.29) is 22.9 Å². The number of pyridine rings is 1. The van der Waals surface area contributed by atoms with Gasteiger partial charge in [0.1, 0.15) is 11.6 Å². The van der Waals surface area contributed by atoms with E-state index in [1.807, 2.05) is 0 Å². The molecule has 0 atom stereocenters. The van der Waals surface area contributed by atoms with Crippen LogP contribution in [0.4, 0.5) is 20.2 Å². The lowest BCUT2D eigenvalue weighted by Crippen LogP contribution is -2.16. The number of hydrogen-bond donors (Lipinski definition) is 2. The van der Waals surface area contributed by atoms with Gasteiger partial charge in [-0.15, -0.1) is 0 Å². The second-order valence-corrected chi connectivity index (χ2v) is 6.17. The van der Waals surface area contributed by atoms with Gasteiger partial charge in [-0.1, -0.05) is 18.2 Å². The molecule has 0 fully saturated rings.